The molecule has 1 atom stereocenters. The summed E-state index contributed by atoms with van der Waals surface area (Å²) in [5.41, 5.74) is 3.64. The second-order valence-electron chi connectivity index (χ2n) is 5.48. The van der Waals surface area contributed by atoms with Gasteiger partial charge < -0.3 is 15.0 Å². The molecule has 0 saturated carbocycles. The Morgan fingerprint density at radius 3 is 2.79 bits per heavy atom. The Labute approximate surface area is 138 Å². The van der Waals surface area contributed by atoms with Crippen LogP contribution in [0.3, 0.4) is 0 Å². The second-order valence-corrected chi connectivity index (χ2v) is 5.48. The number of H-pyrrole nitrogens is 1. The van der Waals surface area contributed by atoms with Gasteiger partial charge >= 0.3 is 5.97 Å². The fourth-order valence-corrected chi connectivity index (χ4v) is 2.54. The fraction of sp³-hybridized carbons (Fsp3) is 0.167. The molecule has 24 heavy (non-hydrogen) atoms. The largest absolute Gasteiger partial charge is 0.467 e. The second kappa shape index (κ2) is 6.54. The van der Waals surface area contributed by atoms with Crippen molar-refractivity contribution in [2.45, 2.75) is 13.0 Å². The maximum Gasteiger partial charge on any atom is 0.333 e. The Balaban J connectivity index is 1.88. The molecule has 6 heteroatoms. The number of aryl methyl sites for hydroxylation is 1. The lowest BCUT2D eigenvalue weighted by atomic mass is 10.0. The standard InChI is InChI=1S/C18H17N3O3/c1-11-4-3-5-12(8-11)16(18(23)24-2)21-17(22)13-6-7-14-15(9-13)20-10-19-14/h3-10,16H,1-2H3,(H,19,20)(H,21,22). The van der Waals surface area contributed by atoms with Crippen molar-refractivity contribution in [3.63, 3.8) is 0 Å². The Kier molecular flexibility index (Phi) is 4.29. The Hall–Kier alpha value is -3.15. The molecule has 3 aromatic rings. The number of aromatic nitrogens is 2. The molecule has 2 aromatic carbocycles. The van der Waals surface area contributed by atoms with E-state index in [0.29, 0.717) is 11.1 Å². The molecule has 0 spiro atoms. The van der Waals surface area contributed by atoms with Gasteiger partial charge in [-0.1, -0.05) is 29.8 Å². The SMILES string of the molecule is COC(=O)C(NC(=O)c1ccc2nc[nH]c2c1)c1cccc(C)c1. The number of nitrogens with zero attached hydrogens (tertiary/aromatic N) is 1. The Morgan fingerprint density at radius 2 is 2.04 bits per heavy atom. The van der Waals surface area contributed by atoms with Gasteiger partial charge in [0.15, 0.2) is 6.04 Å². The number of carbonyl (C=O) groups is 2. The summed E-state index contributed by atoms with van der Waals surface area (Å²) in [6, 6.07) is 11.6. The van der Waals surface area contributed by atoms with Gasteiger partial charge in [-0.2, -0.15) is 0 Å². The smallest absolute Gasteiger partial charge is 0.333 e. The van der Waals surface area contributed by atoms with E-state index < -0.39 is 12.0 Å². The number of hydrogen-bond donors (Lipinski definition) is 2. The van der Waals surface area contributed by atoms with Crippen LogP contribution in [-0.2, 0) is 9.53 Å². The van der Waals surface area contributed by atoms with Crippen molar-refractivity contribution in [3.05, 3.63) is 65.5 Å². The number of rotatable bonds is 4. The lowest BCUT2D eigenvalue weighted by Crippen LogP contribution is -2.34. The maximum atomic E-state index is 12.5. The van der Waals surface area contributed by atoms with Crippen molar-refractivity contribution < 1.29 is 14.3 Å². The van der Waals surface area contributed by atoms with E-state index >= 15 is 0 Å². The van der Waals surface area contributed by atoms with E-state index in [-0.39, 0.29) is 5.91 Å². The van der Waals surface area contributed by atoms with Crippen LogP contribution in [0.1, 0.15) is 27.5 Å². The van der Waals surface area contributed by atoms with Crippen molar-refractivity contribution in [1.29, 1.82) is 0 Å². The van der Waals surface area contributed by atoms with Crippen molar-refractivity contribution >= 4 is 22.9 Å². The van der Waals surface area contributed by atoms with Crippen molar-refractivity contribution in [2.75, 3.05) is 7.11 Å². The topological polar surface area (TPSA) is 84.1 Å². The number of amides is 1. The first-order chi connectivity index (χ1) is 11.6. The molecule has 0 aliphatic rings. The van der Waals surface area contributed by atoms with E-state index in [1.54, 1.807) is 30.6 Å². The average Bonchev–Trinajstić information content (AvgIpc) is 3.06. The van der Waals surface area contributed by atoms with Crippen molar-refractivity contribution in [3.8, 4) is 0 Å². The van der Waals surface area contributed by atoms with Gasteiger partial charge in [0.05, 0.1) is 24.5 Å². The molecule has 2 N–H and O–H groups in total. The van der Waals surface area contributed by atoms with E-state index in [1.165, 1.54) is 7.11 Å². The highest BCUT2D eigenvalue weighted by Crippen LogP contribution is 2.18. The molecule has 6 nitrogen and oxygen atoms in total. The third-order valence-electron chi connectivity index (χ3n) is 3.77. The predicted molar refractivity (Wildman–Crippen MR) is 89.5 cm³/mol. The normalized spacial score (nSPS) is 11.9. The number of hydrogen-bond acceptors (Lipinski definition) is 4. The molecule has 122 valence electrons. The summed E-state index contributed by atoms with van der Waals surface area (Å²) >= 11 is 0. The minimum absolute atomic E-state index is 0.358. The summed E-state index contributed by atoms with van der Waals surface area (Å²) in [5.74, 6) is -0.875. The number of nitrogens with one attached hydrogen (secondary N) is 2. The van der Waals surface area contributed by atoms with Crippen LogP contribution in [0.4, 0.5) is 0 Å². The van der Waals surface area contributed by atoms with E-state index in [2.05, 4.69) is 15.3 Å². The summed E-state index contributed by atoms with van der Waals surface area (Å²) in [6.07, 6.45) is 1.57. The lowest BCUT2D eigenvalue weighted by molar-refractivity contribution is -0.143. The van der Waals surface area contributed by atoms with Crippen LogP contribution < -0.4 is 5.32 Å². The zero-order valence-electron chi connectivity index (χ0n) is 13.4. The minimum Gasteiger partial charge on any atom is -0.467 e. The summed E-state index contributed by atoms with van der Waals surface area (Å²) in [6.45, 7) is 1.92. The molecule has 1 heterocycles. The summed E-state index contributed by atoms with van der Waals surface area (Å²) < 4.78 is 4.83. The lowest BCUT2D eigenvalue weighted by Gasteiger charge is -2.17. The van der Waals surface area contributed by atoms with Gasteiger partial charge in [0.1, 0.15) is 0 Å². The number of benzene rings is 2. The molecular formula is C18H17N3O3. The molecule has 0 fully saturated rings. The van der Waals surface area contributed by atoms with Gasteiger partial charge in [0.2, 0.25) is 0 Å². The van der Waals surface area contributed by atoms with Crippen molar-refractivity contribution in [2.24, 2.45) is 0 Å². The third-order valence-corrected chi connectivity index (χ3v) is 3.77. The van der Waals surface area contributed by atoms with Crippen LogP contribution in [0.15, 0.2) is 48.8 Å². The van der Waals surface area contributed by atoms with E-state index in [0.717, 1.165) is 16.6 Å². The number of ether oxygens (including phenoxy) is 1. The molecule has 0 aliphatic heterocycles. The minimum atomic E-state index is -0.861. The third kappa shape index (κ3) is 3.12. The average molecular weight is 323 g/mol. The zero-order chi connectivity index (χ0) is 17.1. The number of imidazole rings is 1. The van der Waals surface area contributed by atoms with Gasteiger partial charge in [-0.15, -0.1) is 0 Å². The Bertz CT molecular complexity index is 901. The van der Waals surface area contributed by atoms with Gasteiger partial charge in [0.25, 0.3) is 5.91 Å². The fourth-order valence-electron chi connectivity index (χ4n) is 2.54. The molecule has 1 aromatic heterocycles. The molecule has 0 saturated heterocycles. The van der Waals surface area contributed by atoms with Gasteiger partial charge in [0, 0.05) is 5.56 Å². The van der Waals surface area contributed by atoms with Crippen LogP contribution in [0.25, 0.3) is 11.0 Å². The molecule has 0 radical (unpaired) electrons. The zero-order valence-corrected chi connectivity index (χ0v) is 13.4. The van der Waals surface area contributed by atoms with Crippen molar-refractivity contribution in [1.82, 2.24) is 15.3 Å². The van der Waals surface area contributed by atoms with Crippen LogP contribution in [0.2, 0.25) is 0 Å². The first kappa shape index (κ1) is 15.7. The number of aromatic amines is 1. The first-order valence-corrected chi connectivity index (χ1v) is 7.47. The molecule has 0 aliphatic carbocycles. The van der Waals surface area contributed by atoms with E-state index in [9.17, 15) is 9.59 Å². The summed E-state index contributed by atoms with van der Waals surface area (Å²) in [5, 5.41) is 2.74. The summed E-state index contributed by atoms with van der Waals surface area (Å²) in [7, 11) is 1.30. The highest BCUT2D eigenvalue weighted by atomic mass is 16.5. The quantitative estimate of drug-likeness (QED) is 0.723. The molecule has 1 amide bonds. The van der Waals surface area contributed by atoms with E-state index in [4.69, 9.17) is 4.74 Å². The van der Waals surface area contributed by atoms with Gasteiger partial charge in [-0.05, 0) is 30.7 Å². The van der Waals surface area contributed by atoms with Crippen LogP contribution >= 0.6 is 0 Å². The van der Waals surface area contributed by atoms with Crippen LogP contribution in [-0.4, -0.2) is 29.0 Å². The molecule has 0 bridgehead atoms. The Morgan fingerprint density at radius 1 is 1.21 bits per heavy atom. The highest BCUT2D eigenvalue weighted by molar-refractivity contribution is 5.99. The monoisotopic (exact) mass is 323 g/mol. The van der Waals surface area contributed by atoms with Crippen LogP contribution in [0.5, 0.6) is 0 Å². The maximum absolute atomic E-state index is 12.5. The number of esters is 1. The first-order valence-electron chi connectivity index (χ1n) is 7.47. The van der Waals surface area contributed by atoms with E-state index in [1.807, 2.05) is 25.1 Å². The number of methoxy groups -OCH3 is 1. The van der Waals surface area contributed by atoms with Gasteiger partial charge in [-0.25, -0.2) is 9.78 Å². The predicted octanol–water partition coefficient (Wildman–Crippen LogP) is 2.52. The molecule has 3 rings (SSSR count). The molecule has 1 unspecified atom stereocenters. The molecular weight excluding hydrogens is 306 g/mol. The highest BCUT2D eigenvalue weighted by Gasteiger charge is 2.24. The van der Waals surface area contributed by atoms with Gasteiger partial charge in [-0.3, -0.25) is 4.79 Å². The summed E-state index contributed by atoms with van der Waals surface area (Å²) in [4.78, 5) is 31.7. The number of fused-ring (bicyclic) bond motifs is 1. The number of carbonyl (C=O) groups excluding carboxylic acids is 2. The van der Waals surface area contributed by atoms with Crippen LogP contribution in [0, 0.1) is 6.92 Å².